The number of hydrogen-bond donors (Lipinski definition) is 0. The lowest BCUT2D eigenvalue weighted by Gasteiger charge is -2.18. The van der Waals surface area contributed by atoms with Crippen molar-refractivity contribution in [2.75, 3.05) is 0 Å². The topological polar surface area (TPSA) is 45.8 Å². The number of aromatic nitrogens is 1. The van der Waals surface area contributed by atoms with Crippen LogP contribution in [0.25, 0.3) is 11.3 Å². The van der Waals surface area contributed by atoms with Crippen molar-refractivity contribution < 1.29 is 4.79 Å². The van der Waals surface area contributed by atoms with Crippen LogP contribution in [0.2, 0.25) is 0 Å². The van der Waals surface area contributed by atoms with Gasteiger partial charge in [0.2, 0.25) is 0 Å². The highest BCUT2D eigenvalue weighted by Gasteiger charge is 2.19. The van der Waals surface area contributed by atoms with Crippen molar-refractivity contribution in [1.82, 2.24) is 4.57 Å². The second-order valence-electron chi connectivity index (χ2n) is 22.4. The molecule has 0 radical (unpaired) electrons. The third-order valence-electron chi connectivity index (χ3n) is 15.9. The average Bonchev–Trinajstić information content (AvgIpc) is 1.98. The molecular weight excluding hydrogens is 1260 g/mol. The molecule has 15 rings (SSSR count). The van der Waals surface area contributed by atoms with Crippen LogP contribution in [-0.2, 0) is 7.05 Å². The van der Waals surface area contributed by atoms with Gasteiger partial charge in [0, 0.05) is 23.9 Å². The van der Waals surface area contributed by atoms with Gasteiger partial charge in [-0.25, -0.2) is 0 Å². The summed E-state index contributed by atoms with van der Waals surface area (Å²) in [6.45, 7) is 0. The van der Waals surface area contributed by atoms with Crippen LogP contribution in [0.1, 0.15) is 21.6 Å². The van der Waals surface area contributed by atoms with E-state index in [0.717, 1.165) is 11.3 Å². The van der Waals surface area contributed by atoms with Crippen molar-refractivity contribution in [3.63, 3.8) is 0 Å². The van der Waals surface area contributed by atoms with Gasteiger partial charge in [0.1, 0.15) is 11.8 Å². The molecule has 15 aromatic rings. The van der Waals surface area contributed by atoms with Gasteiger partial charge in [-0.05, 0) is 113 Å². The molecule has 0 spiro atoms. The van der Waals surface area contributed by atoms with Gasteiger partial charge in [-0.3, -0.25) is 4.79 Å². The smallest absolute Gasteiger partial charge is 0.193 e. The molecule has 0 bridgehead atoms. The predicted molar refractivity (Wildman–Crippen MR) is 426 cm³/mol. The molecule has 0 saturated heterocycles. The first-order valence-electron chi connectivity index (χ1n) is 32.6. The fourth-order valence-electron chi connectivity index (χ4n) is 11.2. The SMILES string of the molecule is Cn1c(C#N)ccc1-c1ccc(C(=O)c2ccccc2)cc1.c1ccc(P(c2ccccc2)c2ccccc2)cc1.c1ccc(P(c2ccccc2)c2ccccc2)cc1.c1ccc(P(c2ccccc2)c2ccccc2)cc1.c1ccc(P(c2ccccc2)c2ccccc2)cc1. The number of carbonyl (C=O) groups excluding carboxylic acids is 1. The number of nitriles is 1. The van der Waals surface area contributed by atoms with E-state index in [0.29, 0.717) is 16.8 Å². The quantitative estimate of drug-likeness (QED) is 0.0758. The summed E-state index contributed by atoms with van der Waals surface area (Å²) in [7, 11) is 0.0741. The Hall–Kier alpha value is -10.8. The minimum atomic E-state index is -0.446. The number of ketones is 1. The van der Waals surface area contributed by atoms with Crippen LogP contribution in [-0.4, -0.2) is 10.4 Å². The summed E-state index contributed by atoms with van der Waals surface area (Å²) in [5.41, 5.74) is 3.88. The van der Waals surface area contributed by atoms with E-state index in [1.54, 1.807) is 6.07 Å². The van der Waals surface area contributed by atoms with Crippen molar-refractivity contribution >= 4 is 101 Å². The first kappa shape index (κ1) is 68.6. The van der Waals surface area contributed by atoms with Crippen molar-refractivity contribution in [3.8, 4) is 17.3 Å². The van der Waals surface area contributed by atoms with Crippen molar-refractivity contribution in [2.45, 2.75) is 0 Å². The van der Waals surface area contributed by atoms with Crippen LogP contribution in [0.15, 0.2) is 431 Å². The van der Waals surface area contributed by atoms with Gasteiger partial charge < -0.3 is 4.57 Å². The summed E-state index contributed by atoms with van der Waals surface area (Å²) in [6.07, 6.45) is 0. The number of carbonyl (C=O) groups is 1. The fourth-order valence-corrected chi connectivity index (χ4v) is 20.4. The summed E-state index contributed by atoms with van der Waals surface area (Å²) < 4.78 is 1.84. The zero-order chi connectivity index (χ0) is 67.2. The minimum Gasteiger partial charge on any atom is -0.335 e. The number of rotatable bonds is 15. The van der Waals surface area contributed by atoms with E-state index in [9.17, 15) is 4.79 Å². The Morgan fingerprint density at radius 3 is 0.582 bits per heavy atom. The summed E-state index contributed by atoms with van der Waals surface area (Å²) in [4.78, 5) is 12.4. The van der Waals surface area contributed by atoms with Crippen LogP contribution >= 0.6 is 31.7 Å². The van der Waals surface area contributed by atoms with Gasteiger partial charge in [-0.1, -0.05) is 419 Å². The van der Waals surface area contributed by atoms with Gasteiger partial charge in [0.05, 0.1) is 0 Å². The molecule has 0 aliphatic heterocycles. The van der Waals surface area contributed by atoms with E-state index < -0.39 is 31.7 Å². The Morgan fingerprint density at radius 2 is 0.408 bits per heavy atom. The number of nitrogens with zero attached hydrogens (tertiary/aromatic N) is 2. The molecule has 14 aromatic carbocycles. The standard InChI is InChI=1S/C19H14N2O.4C18H15P/c1-21-17(13-20)11-12-18(21)14-7-9-16(10-8-14)19(22)15-5-3-2-4-6-15;4*1-4-10-16(11-5-1)19(17-12-6-2-7-13-17)18-14-8-3-9-15-18/h2-12H,1H3;4*1-15H. The first-order chi connectivity index (χ1) is 48.5. The van der Waals surface area contributed by atoms with Gasteiger partial charge >= 0.3 is 0 Å². The van der Waals surface area contributed by atoms with Crippen LogP contribution in [0.4, 0.5) is 0 Å². The minimum absolute atomic E-state index is 0.0109. The normalized spacial score (nSPS) is 10.5. The van der Waals surface area contributed by atoms with E-state index in [2.05, 4.69) is 370 Å². The van der Waals surface area contributed by atoms with Gasteiger partial charge in [0.25, 0.3) is 0 Å². The van der Waals surface area contributed by atoms with E-state index in [1.807, 2.05) is 72.3 Å². The van der Waals surface area contributed by atoms with Gasteiger partial charge in [-0.15, -0.1) is 0 Å². The van der Waals surface area contributed by atoms with Crippen molar-refractivity contribution in [3.05, 3.63) is 448 Å². The van der Waals surface area contributed by atoms with E-state index in [4.69, 9.17) is 5.26 Å². The maximum Gasteiger partial charge on any atom is 0.193 e. The van der Waals surface area contributed by atoms with E-state index >= 15 is 0 Å². The van der Waals surface area contributed by atoms with Crippen LogP contribution < -0.4 is 63.7 Å². The molecule has 0 saturated carbocycles. The van der Waals surface area contributed by atoms with E-state index in [1.165, 1.54) is 63.7 Å². The largest absolute Gasteiger partial charge is 0.335 e. The molecule has 0 aliphatic rings. The Bertz CT molecular complexity index is 3920. The van der Waals surface area contributed by atoms with Crippen molar-refractivity contribution in [2.24, 2.45) is 7.05 Å². The Kier molecular flexibility index (Phi) is 25.9. The Labute approximate surface area is 583 Å². The lowest BCUT2D eigenvalue weighted by molar-refractivity contribution is 0.103. The van der Waals surface area contributed by atoms with Gasteiger partial charge in [-0.2, -0.15) is 5.26 Å². The predicted octanol–water partition coefficient (Wildman–Crippen LogP) is 17.6. The summed E-state index contributed by atoms with van der Waals surface area (Å²) in [5, 5.41) is 25.8. The fraction of sp³-hybridized carbons (Fsp3) is 0.0110. The van der Waals surface area contributed by atoms with Gasteiger partial charge in [0.15, 0.2) is 5.78 Å². The van der Waals surface area contributed by atoms with Crippen LogP contribution in [0.3, 0.4) is 0 Å². The maximum absolute atomic E-state index is 12.4. The second kappa shape index (κ2) is 36.9. The summed E-state index contributed by atoms with van der Waals surface area (Å²) in [6, 6.07) is 152. The molecule has 1 heterocycles. The highest BCUT2D eigenvalue weighted by atomic mass is 31.1. The summed E-state index contributed by atoms with van der Waals surface area (Å²) >= 11 is 0. The number of hydrogen-bond acceptors (Lipinski definition) is 2. The molecule has 0 aliphatic carbocycles. The molecule has 0 fully saturated rings. The monoisotopic (exact) mass is 1330 g/mol. The zero-order valence-corrected chi connectivity index (χ0v) is 58.2. The highest BCUT2D eigenvalue weighted by molar-refractivity contribution is 7.81. The molecule has 0 amide bonds. The third-order valence-corrected chi connectivity index (χ3v) is 25.7. The molecule has 98 heavy (non-hydrogen) atoms. The maximum atomic E-state index is 12.4. The Balaban J connectivity index is 0.000000124. The first-order valence-corrected chi connectivity index (χ1v) is 37.9. The molecular formula is C91H74N2OP4. The zero-order valence-electron chi connectivity index (χ0n) is 54.6. The molecule has 1 aromatic heterocycles. The molecule has 7 heteroatoms. The Morgan fingerprint density at radius 1 is 0.235 bits per heavy atom. The molecule has 3 nitrogen and oxygen atoms in total. The lowest BCUT2D eigenvalue weighted by Crippen LogP contribution is -2.20. The molecule has 0 N–H and O–H groups in total. The van der Waals surface area contributed by atoms with Crippen LogP contribution in [0.5, 0.6) is 0 Å². The summed E-state index contributed by atoms with van der Waals surface area (Å²) in [5.74, 6) is 0.0109. The second-order valence-corrected chi connectivity index (χ2v) is 31.3. The third kappa shape index (κ3) is 19.0. The van der Waals surface area contributed by atoms with Crippen LogP contribution in [0, 0.1) is 11.3 Å². The molecule has 474 valence electrons. The molecule has 0 unspecified atom stereocenters. The molecule has 0 atom stereocenters. The van der Waals surface area contributed by atoms with Crippen molar-refractivity contribution in [1.29, 1.82) is 5.26 Å². The number of benzene rings is 14. The van der Waals surface area contributed by atoms with E-state index in [-0.39, 0.29) is 5.78 Å². The highest BCUT2D eigenvalue weighted by Crippen LogP contribution is 2.36. The lowest BCUT2D eigenvalue weighted by atomic mass is 10.0. The average molecular weight is 1340 g/mol.